The molecule has 1 fully saturated rings. The number of likely N-dealkylation sites (tertiary alicyclic amines) is 1. The van der Waals surface area contributed by atoms with E-state index in [0.717, 1.165) is 12.1 Å². The first-order valence-electron chi connectivity index (χ1n) is 9.69. The number of aromatic nitrogens is 1. The maximum Gasteiger partial charge on any atom is 0.325 e. The second-order valence-electron chi connectivity index (χ2n) is 8.16. The Morgan fingerprint density at radius 2 is 1.83 bits per heavy atom. The number of piperidine rings is 1. The van der Waals surface area contributed by atoms with Gasteiger partial charge in [-0.05, 0) is 38.6 Å². The molecule has 2 atom stereocenters. The van der Waals surface area contributed by atoms with Crippen molar-refractivity contribution >= 4 is 17.8 Å². The Morgan fingerprint density at radius 1 is 1.10 bits per heavy atom. The smallest absolute Gasteiger partial charge is 0.325 e. The number of amides is 2. The van der Waals surface area contributed by atoms with Crippen LogP contribution in [0.1, 0.15) is 28.4 Å². The van der Waals surface area contributed by atoms with Crippen LogP contribution in [0.25, 0.3) is 0 Å². The quantitative estimate of drug-likeness (QED) is 0.620. The van der Waals surface area contributed by atoms with Gasteiger partial charge in [0.15, 0.2) is 0 Å². The number of hydrogen-bond donors (Lipinski definition) is 0. The summed E-state index contributed by atoms with van der Waals surface area (Å²) in [6, 6.07) is 3.34. The number of esters is 1. The minimum atomic E-state index is -0.545. The molecule has 0 spiro atoms. The van der Waals surface area contributed by atoms with E-state index in [9.17, 15) is 19.2 Å². The summed E-state index contributed by atoms with van der Waals surface area (Å²) in [6.07, 6.45) is 0.931. The van der Waals surface area contributed by atoms with Gasteiger partial charge < -0.3 is 24.0 Å². The van der Waals surface area contributed by atoms with Crippen LogP contribution in [0.5, 0.6) is 0 Å². The van der Waals surface area contributed by atoms with Gasteiger partial charge >= 0.3 is 5.97 Å². The van der Waals surface area contributed by atoms with Crippen molar-refractivity contribution in [3.8, 4) is 0 Å². The fourth-order valence-corrected chi connectivity index (χ4v) is 4.22. The van der Waals surface area contributed by atoms with Crippen LogP contribution in [0.3, 0.4) is 0 Å². The molecule has 0 radical (unpaired) electrons. The summed E-state index contributed by atoms with van der Waals surface area (Å²) in [6.45, 7) is 1.84. The molecule has 0 N–H and O–H groups in total. The van der Waals surface area contributed by atoms with Gasteiger partial charge in [-0.3, -0.25) is 19.2 Å². The second kappa shape index (κ2) is 8.36. The van der Waals surface area contributed by atoms with E-state index in [4.69, 9.17) is 0 Å². The normalized spacial score (nSPS) is 20.2. The minimum Gasteiger partial charge on any atom is -0.468 e. The predicted molar refractivity (Wildman–Crippen MR) is 106 cm³/mol. The molecule has 1 aromatic heterocycles. The van der Waals surface area contributed by atoms with E-state index in [2.05, 4.69) is 4.74 Å². The standard InChI is InChI=1S/C20H28N4O5/c1-21(2)11-17(25)23-8-13-7-14(10-23)16-6-5-15(20(28)24(16)9-13)19(27)22(3)12-18(26)29-4/h5-6,13-14H,7-12H2,1-4H3/t13-,14+/m0/s1. The summed E-state index contributed by atoms with van der Waals surface area (Å²) < 4.78 is 6.25. The SMILES string of the molecule is COC(=O)CN(C)C(=O)c1ccc2n(c1=O)C[C@H]1C[C@@H]2CN(C(=O)CN(C)C)C1. The fourth-order valence-electron chi connectivity index (χ4n) is 4.22. The number of ether oxygens (including phenoxy) is 1. The first kappa shape index (κ1) is 21.0. The van der Waals surface area contributed by atoms with Crippen LogP contribution in [0, 0.1) is 5.92 Å². The number of likely N-dealkylation sites (N-methyl/N-ethyl adjacent to an activating group) is 2. The number of carbonyl (C=O) groups is 3. The summed E-state index contributed by atoms with van der Waals surface area (Å²) >= 11 is 0. The van der Waals surface area contributed by atoms with Gasteiger partial charge in [-0.2, -0.15) is 0 Å². The average molecular weight is 404 g/mol. The fraction of sp³-hybridized carbons (Fsp3) is 0.600. The van der Waals surface area contributed by atoms with E-state index in [1.165, 1.54) is 25.1 Å². The minimum absolute atomic E-state index is 0.0423. The zero-order valence-corrected chi connectivity index (χ0v) is 17.4. The van der Waals surface area contributed by atoms with Crippen molar-refractivity contribution in [1.29, 1.82) is 0 Å². The number of hydrogen-bond acceptors (Lipinski definition) is 6. The van der Waals surface area contributed by atoms with Gasteiger partial charge in [0.2, 0.25) is 5.91 Å². The lowest BCUT2D eigenvalue weighted by Crippen LogP contribution is -2.51. The topological polar surface area (TPSA) is 92.2 Å². The number of pyridine rings is 1. The Bertz CT molecular complexity index is 878. The molecular formula is C20H28N4O5. The zero-order valence-electron chi connectivity index (χ0n) is 17.4. The lowest BCUT2D eigenvalue weighted by molar-refractivity contribution is -0.141. The van der Waals surface area contributed by atoms with Crippen molar-refractivity contribution < 1.29 is 19.1 Å². The molecule has 3 rings (SSSR count). The highest BCUT2D eigenvalue weighted by atomic mass is 16.5. The van der Waals surface area contributed by atoms with E-state index in [1.807, 2.05) is 23.9 Å². The molecular weight excluding hydrogens is 376 g/mol. The Balaban J connectivity index is 1.83. The van der Waals surface area contributed by atoms with Crippen molar-refractivity contribution in [3.63, 3.8) is 0 Å². The van der Waals surface area contributed by atoms with Gasteiger partial charge in [0.1, 0.15) is 12.1 Å². The molecule has 2 amide bonds. The van der Waals surface area contributed by atoms with Crippen molar-refractivity contribution in [2.45, 2.75) is 18.9 Å². The first-order valence-corrected chi connectivity index (χ1v) is 9.69. The van der Waals surface area contributed by atoms with Crippen LogP contribution in [-0.4, -0.2) is 91.5 Å². The van der Waals surface area contributed by atoms with E-state index in [0.29, 0.717) is 26.2 Å². The molecule has 0 unspecified atom stereocenters. The number of fused-ring (bicyclic) bond motifs is 4. The Morgan fingerprint density at radius 3 is 2.48 bits per heavy atom. The summed E-state index contributed by atoms with van der Waals surface area (Å²) in [5, 5.41) is 0. The third-order valence-corrected chi connectivity index (χ3v) is 5.58. The molecule has 2 aliphatic heterocycles. The van der Waals surface area contributed by atoms with E-state index >= 15 is 0 Å². The van der Waals surface area contributed by atoms with Crippen LogP contribution in [0.4, 0.5) is 0 Å². The maximum absolute atomic E-state index is 13.0. The Labute approximate surface area is 169 Å². The van der Waals surface area contributed by atoms with Gasteiger partial charge in [0.05, 0.1) is 13.7 Å². The molecule has 0 aliphatic carbocycles. The number of methoxy groups -OCH3 is 1. The monoisotopic (exact) mass is 404 g/mol. The van der Waals surface area contributed by atoms with Gasteiger partial charge in [-0.25, -0.2) is 0 Å². The van der Waals surface area contributed by atoms with Crippen molar-refractivity contribution in [2.75, 3.05) is 54.4 Å². The third kappa shape index (κ3) is 4.34. The molecule has 1 aromatic rings. The first-order chi connectivity index (χ1) is 13.7. The number of nitrogens with zero attached hydrogens (tertiary/aromatic N) is 4. The molecule has 9 heteroatoms. The zero-order chi connectivity index (χ0) is 21.3. The highest BCUT2D eigenvalue weighted by Gasteiger charge is 2.37. The van der Waals surface area contributed by atoms with Gasteiger partial charge in [0, 0.05) is 38.3 Å². The highest BCUT2D eigenvalue weighted by Crippen LogP contribution is 2.35. The van der Waals surface area contributed by atoms with Crippen LogP contribution in [0.15, 0.2) is 16.9 Å². The molecule has 2 aliphatic rings. The molecule has 158 valence electrons. The van der Waals surface area contributed by atoms with Crippen LogP contribution in [-0.2, 0) is 20.9 Å². The summed E-state index contributed by atoms with van der Waals surface area (Å²) in [5.74, 6) is -0.691. The Kier molecular flexibility index (Phi) is 6.07. The van der Waals surface area contributed by atoms with E-state index in [1.54, 1.807) is 10.6 Å². The van der Waals surface area contributed by atoms with Crippen molar-refractivity contribution in [1.82, 2.24) is 19.3 Å². The van der Waals surface area contributed by atoms with Gasteiger partial charge in [0.25, 0.3) is 11.5 Å². The number of carbonyl (C=O) groups excluding carboxylic acids is 3. The second-order valence-corrected chi connectivity index (χ2v) is 8.16. The largest absolute Gasteiger partial charge is 0.468 e. The van der Waals surface area contributed by atoms with Crippen molar-refractivity contribution in [2.24, 2.45) is 5.92 Å². The molecule has 29 heavy (non-hydrogen) atoms. The average Bonchev–Trinajstić information content (AvgIpc) is 2.67. The third-order valence-electron chi connectivity index (χ3n) is 5.58. The molecule has 1 saturated heterocycles. The van der Waals surface area contributed by atoms with E-state index < -0.39 is 11.9 Å². The van der Waals surface area contributed by atoms with Crippen LogP contribution >= 0.6 is 0 Å². The van der Waals surface area contributed by atoms with Gasteiger partial charge in [-0.15, -0.1) is 0 Å². The van der Waals surface area contributed by atoms with Crippen molar-refractivity contribution in [3.05, 3.63) is 33.7 Å². The highest BCUT2D eigenvalue weighted by molar-refractivity contribution is 5.95. The maximum atomic E-state index is 13.0. The lowest BCUT2D eigenvalue weighted by Gasteiger charge is -2.43. The lowest BCUT2D eigenvalue weighted by atomic mass is 9.83. The van der Waals surface area contributed by atoms with Gasteiger partial charge in [-0.1, -0.05) is 0 Å². The van der Waals surface area contributed by atoms with E-state index in [-0.39, 0.29) is 35.4 Å². The molecule has 0 saturated carbocycles. The predicted octanol–water partition coefficient (Wildman–Crippen LogP) is -0.399. The molecule has 0 aromatic carbocycles. The summed E-state index contributed by atoms with van der Waals surface area (Å²) in [4.78, 5) is 54.5. The summed E-state index contributed by atoms with van der Waals surface area (Å²) in [5.41, 5.74) is 0.563. The molecule has 2 bridgehead atoms. The molecule has 3 heterocycles. The van der Waals surface area contributed by atoms with Crippen LogP contribution < -0.4 is 5.56 Å². The summed E-state index contributed by atoms with van der Waals surface area (Å²) in [7, 11) is 6.45. The van der Waals surface area contributed by atoms with Crippen LogP contribution in [0.2, 0.25) is 0 Å². The molecule has 9 nitrogen and oxygen atoms in total. The number of rotatable bonds is 5. The Hall–Kier alpha value is -2.68.